The molecular formula is C12H13ClFNO3. The first kappa shape index (κ1) is 14.4. The Hall–Kier alpha value is -1.62. The molecule has 4 nitrogen and oxygen atoms in total. The van der Waals surface area contributed by atoms with Crippen molar-refractivity contribution in [2.75, 3.05) is 13.7 Å². The second-order valence-corrected chi connectivity index (χ2v) is 4.12. The Morgan fingerprint density at radius 2 is 2.00 bits per heavy atom. The summed E-state index contributed by atoms with van der Waals surface area (Å²) in [4.78, 5) is 22.5. The summed E-state index contributed by atoms with van der Waals surface area (Å²) in [5.41, 5.74) is 0.679. The Morgan fingerprint density at radius 3 is 2.56 bits per heavy atom. The topological polar surface area (TPSA) is 55.4 Å². The number of halogens is 2. The van der Waals surface area contributed by atoms with E-state index in [1.165, 1.54) is 31.4 Å². The minimum absolute atomic E-state index is 0.00570. The van der Waals surface area contributed by atoms with Crippen LogP contribution >= 0.6 is 11.6 Å². The highest BCUT2D eigenvalue weighted by molar-refractivity contribution is 6.30. The van der Waals surface area contributed by atoms with Crippen molar-refractivity contribution in [2.24, 2.45) is 0 Å². The summed E-state index contributed by atoms with van der Waals surface area (Å²) < 4.78 is 17.0. The van der Waals surface area contributed by atoms with Crippen LogP contribution in [0.3, 0.4) is 0 Å². The minimum atomic E-state index is -0.910. The van der Waals surface area contributed by atoms with E-state index in [2.05, 4.69) is 10.1 Å². The molecule has 1 N–H and O–H groups in total. The Balaban J connectivity index is 2.38. The fourth-order valence-corrected chi connectivity index (χ4v) is 1.43. The van der Waals surface area contributed by atoms with Gasteiger partial charge in [0.2, 0.25) is 5.91 Å². The van der Waals surface area contributed by atoms with E-state index in [1.807, 2.05) is 0 Å². The molecule has 1 rings (SSSR count). The molecule has 0 fully saturated rings. The van der Waals surface area contributed by atoms with E-state index in [0.29, 0.717) is 5.56 Å². The number of alkyl halides is 1. The van der Waals surface area contributed by atoms with E-state index in [0.717, 1.165) is 0 Å². The van der Waals surface area contributed by atoms with Gasteiger partial charge in [-0.1, -0.05) is 12.1 Å². The average molecular weight is 274 g/mol. The number of nitrogens with one attached hydrogen (secondary N) is 1. The molecule has 1 amide bonds. The molecule has 0 aliphatic rings. The fraction of sp³-hybridized carbons (Fsp3) is 0.333. The zero-order chi connectivity index (χ0) is 13.5. The largest absolute Gasteiger partial charge is 0.468 e. The summed E-state index contributed by atoms with van der Waals surface area (Å²) in [6.07, 6.45) is 0.102. The van der Waals surface area contributed by atoms with Gasteiger partial charge in [0.25, 0.3) is 0 Å². The predicted octanol–water partition coefficient (Wildman–Crippen LogP) is 1.26. The van der Waals surface area contributed by atoms with E-state index < -0.39 is 11.3 Å². The SMILES string of the molecule is COC(=O)C(Cl)CNC(=O)Cc1ccc(F)cc1. The van der Waals surface area contributed by atoms with Gasteiger partial charge in [-0.3, -0.25) is 9.59 Å². The number of benzene rings is 1. The maximum atomic E-state index is 12.6. The summed E-state index contributed by atoms with van der Waals surface area (Å²) in [6, 6.07) is 5.60. The van der Waals surface area contributed by atoms with E-state index in [9.17, 15) is 14.0 Å². The van der Waals surface area contributed by atoms with Crippen LogP contribution in [0.2, 0.25) is 0 Å². The number of rotatable bonds is 5. The minimum Gasteiger partial charge on any atom is -0.468 e. The first-order valence-electron chi connectivity index (χ1n) is 5.26. The summed E-state index contributed by atoms with van der Waals surface area (Å²) >= 11 is 5.66. The monoisotopic (exact) mass is 273 g/mol. The van der Waals surface area contributed by atoms with Gasteiger partial charge in [-0.25, -0.2) is 4.39 Å². The Bertz CT molecular complexity index is 422. The highest BCUT2D eigenvalue weighted by Gasteiger charge is 2.16. The second-order valence-electron chi connectivity index (χ2n) is 3.60. The molecule has 0 aromatic heterocycles. The second kappa shape index (κ2) is 6.96. The van der Waals surface area contributed by atoms with Gasteiger partial charge in [0.05, 0.1) is 13.5 Å². The standard InChI is InChI=1S/C12H13ClFNO3/c1-18-12(17)10(13)7-15-11(16)6-8-2-4-9(14)5-3-8/h2-5,10H,6-7H2,1H3,(H,15,16). The van der Waals surface area contributed by atoms with Crippen LogP contribution in [0, 0.1) is 5.82 Å². The van der Waals surface area contributed by atoms with Gasteiger partial charge < -0.3 is 10.1 Å². The van der Waals surface area contributed by atoms with E-state index in [-0.39, 0.29) is 24.7 Å². The van der Waals surface area contributed by atoms with E-state index >= 15 is 0 Å². The van der Waals surface area contributed by atoms with Crippen LogP contribution in [0.5, 0.6) is 0 Å². The van der Waals surface area contributed by atoms with Crippen LogP contribution in [0.25, 0.3) is 0 Å². The highest BCUT2D eigenvalue weighted by atomic mass is 35.5. The average Bonchev–Trinajstić information content (AvgIpc) is 2.37. The molecule has 0 aliphatic heterocycles. The van der Waals surface area contributed by atoms with Crippen molar-refractivity contribution in [3.8, 4) is 0 Å². The number of ether oxygens (including phenoxy) is 1. The van der Waals surface area contributed by atoms with Crippen molar-refractivity contribution in [1.82, 2.24) is 5.32 Å². The van der Waals surface area contributed by atoms with Crippen molar-refractivity contribution in [3.05, 3.63) is 35.6 Å². The molecule has 0 aliphatic carbocycles. The Kier molecular flexibility index (Phi) is 5.58. The summed E-state index contributed by atoms with van der Waals surface area (Å²) in [7, 11) is 1.22. The number of carbonyl (C=O) groups excluding carboxylic acids is 2. The molecule has 18 heavy (non-hydrogen) atoms. The smallest absolute Gasteiger partial charge is 0.325 e. The van der Waals surface area contributed by atoms with E-state index in [1.54, 1.807) is 0 Å². The van der Waals surface area contributed by atoms with Gasteiger partial charge in [0, 0.05) is 6.54 Å². The number of amides is 1. The van der Waals surface area contributed by atoms with Crippen LogP contribution in [0.4, 0.5) is 4.39 Å². The number of esters is 1. The normalized spacial score (nSPS) is 11.7. The molecular weight excluding hydrogens is 261 g/mol. The van der Waals surface area contributed by atoms with Crippen molar-refractivity contribution in [1.29, 1.82) is 0 Å². The lowest BCUT2D eigenvalue weighted by Crippen LogP contribution is -2.35. The van der Waals surface area contributed by atoms with Gasteiger partial charge in [-0.05, 0) is 17.7 Å². The van der Waals surface area contributed by atoms with Crippen molar-refractivity contribution < 1.29 is 18.7 Å². The molecule has 1 atom stereocenters. The van der Waals surface area contributed by atoms with Gasteiger partial charge in [-0.15, -0.1) is 11.6 Å². The molecule has 1 aromatic rings. The van der Waals surface area contributed by atoms with Crippen molar-refractivity contribution >= 4 is 23.5 Å². The van der Waals surface area contributed by atoms with Crippen LogP contribution < -0.4 is 5.32 Å². The van der Waals surface area contributed by atoms with Gasteiger partial charge in [0.1, 0.15) is 11.2 Å². The first-order chi connectivity index (χ1) is 8.52. The van der Waals surface area contributed by atoms with Crippen LogP contribution in [-0.2, 0) is 20.7 Å². The molecule has 0 bridgehead atoms. The van der Waals surface area contributed by atoms with Crippen LogP contribution in [0.1, 0.15) is 5.56 Å². The maximum absolute atomic E-state index is 12.6. The van der Waals surface area contributed by atoms with Gasteiger partial charge >= 0.3 is 5.97 Å². The number of carbonyl (C=O) groups is 2. The molecule has 0 saturated heterocycles. The predicted molar refractivity (Wildman–Crippen MR) is 64.8 cm³/mol. The van der Waals surface area contributed by atoms with Crippen molar-refractivity contribution in [3.63, 3.8) is 0 Å². The summed E-state index contributed by atoms with van der Waals surface area (Å²) in [5, 5.41) is 1.59. The summed E-state index contributed by atoms with van der Waals surface area (Å²) in [6.45, 7) is -0.00570. The summed E-state index contributed by atoms with van der Waals surface area (Å²) in [5.74, 6) is -1.25. The van der Waals surface area contributed by atoms with Crippen LogP contribution in [-0.4, -0.2) is 30.9 Å². The van der Waals surface area contributed by atoms with Gasteiger partial charge in [-0.2, -0.15) is 0 Å². The Morgan fingerprint density at radius 1 is 1.39 bits per heavy atom. The molecule has 0 heterocycles. The zero-order valence-electron chi connectivity index (χ0n) is 9.78. The molecule has 1 unspecified atom stereocenters. The van der Waals surface area contributed by atoms with Crippen molar-refractivity contribution in [2.45, 2.75) is 11.8 Å². The van der Waals surface area contributed by atoms with Crippen LogP contribution in [0.15, 0.2) is 24.3 Å². The fourth-order valence-electron chi connectivity index (χ4n) is 1.26. The molecule has 1 aromatic carbocycles. The molecule has 6 heteroatoms. The lowest BCUT2D eigenvalue weighted by atomic mass is 10.1. The Labute approximate surface area is 109 Å². The number of hydrogen-bond acceptors (Lipinski definition) is 3. The quantitative estimate of drug-likeness (QED) is 0.649. The molecule has 0 spiro atoms. The highest BCUT2D eigenvalue weighted by Crippen LogP contribution is 2.03. The molecule has 0 radical (unpaired) electrons. The lowest BCUT2D eigenvalue weighted by Gasteiger charge is -2.09. The maximum Gasteiger partial charge on any atom is 0.325 e. The molecule has 0 saturated carbocycles. The zero-order valence-corrected chi connectivity index (χ0v) is 10.5. The first-order valence-corrected chi connectivity index (χ1v) is 5.69. The molecule has 98 valence electrons. The lowest BCUT2D eigenvalue weighted by molar-refractivity contribution is -0.140. The third kappa shape index (κ3) is 4.71. The third-order valence-electron chi connectivity index (χ3n) is 2.21. The van der Waals surface area contributed by atoms with E-state index in [4.69, 9.17) is 11.6 Å². The number of methoxy groups -OCH3 is 1. The van der Waals surface area contributed by atoms with Gasteiger partial charge in [0.15, 0.2) is 0 Å². The third-order valence-corrected chi connectivity index (χ3v) is 2.55. The number of hydrogen-bond donors (Lipinski definition) is 1.